The lowest BCUT2D eigenvalue weighted by molar-refractivity contribution is -0.123. The van der Waals surface area contributed by atoms with Crippen molar-refractivity contribution in [1.82, 2.24) is 20.3 Å². The summed E-state index contributed by atoms with van der Waals surface area (Å²) in [6, 6.07) is 11.1. The number of nitrogens with two attached hydrogens (primary N) is 1. The van der Waals surface area contributed by atoms with E-state index in [1.807, 2.05) is 0 Å². The Labute approximate surface area is 173 Å². The highest BCUT2D eigenvalue weighted by Gasteiger charge is 2.28. The highest BCUT2D eigenvalue weighted by Crippen LogP contribution is 2.22. The summed E-state index contributed by atoms with van der Waals surface area (Å²) in [5, 5.41) is 19.2. The maximum atomic E-state index is 13.8. The van der Waals surface area contributed by atoms with E-state index in [9.17, 15) is 27.5 Å². The van der Waals surface area contributed by atoms with Crippen molar-refractivity contribution in [2.24, 2.45) is 5.73 Å². The number of benzene rings is 2. The van der Waals surface area contributed by atoms with E-state index in [0.717, 1.165) is 0 Å². The Hall–Kier alpha value is -3.51. The number of nitrogens with zero attached hydrogens (tertiary/aromatic N) is 3. The van der Waals surface area contributed by atoms with E-state index in [1.54, 1.807) is 11.4 Å². The molecule has 31 heavy (non-hydrogen) atoms. The number of aromatic nitrogens is 3. The van der Waals surface area contributed by atoms with Gasteiger partial charge in [0.05, 0.1) is 5.69 Å². The number of hydrogen-bond donors (Lipinski definition) is 3. The van der Waals surface area contributed by atoms with E-state index >= 15 is 0 Å². The third-order valence-electron chi connectivity index (χ3n) is 4.10. The molecule has 8 nitrogen and oxygen atoms in total. The minimum absolute atomic E-state index is 0.00338. The van der Waals surface area contributed by atoms with Crippen molar-refractivity contribution < 1.29 is 32.2 Å². The molecule has 0 aliphatic rings. The van der Waals surface area contributed by atoms with Crippen LogP contribution in [0.5, 0.6) is 5.75 Å². The van der Waals surface area contributed by atoms with Crippen LogP contribution in [0.1, 0.15) is 28.0 Å². The lowest BCUT2D eigenvalue weighted by atomic mass is 10.2. The van der Waals surface area contributed by atoms with Crippen LogP contribution in [0.15, 0.2) is 48.5 Å². The van der Waals surface area contributed by atoms with Crippen LogP contribution in [-0.4, -0.2) is 38.7 Å². The molecule has 164 valence electrons. The molecule has 0 saturated carbocycles. The molecular weight excluding hydrogens is 422 g/mol. The molecule has 1 amide bonds. The Morgan fingerprint density at radius 1 is 1.19 bits per heavy atom. The molecule has 2 aromatic carbocycles. The first-order valence-electron chi connectivity index (χ1n) is 8.86. The first kappa shape index (κ1) is 22.2. The zero-order chi connectivity index (χ0) is 22.6. The average Bonchev–Trinajstić information content (AvgIpc) is 3.15. The van der Waals surface area contributed by atoms with Crippen molar-refractivity contribution in [3.05, 3.63) is 71.3 Å². The highest BCUT2D eigenvalue weighted by molar-refractivity contribution is 5.94. The Morgan fingerprint density at radius 3 is 2.48 bits per heavy atom. The maximum Gasteiger partial charge on any atom is 0.405 e. The summed E-state index contributed by atoms with van der Waals surface area (Å²) >= 11 is 0. The summed E-state index contributed by atoms with van der Waals surface area (Å²) in [7, 11) is 0. The van der Waals surface area contributed by atoms with Crippen molar-refractivity contribution in [2.75, 3.05) is 6.54 Å². The van der Waals surface area contributed by atoms with Crippen LogP contribution in [0.4, 0.5) is 17.6 Å². The van der Waals surface area contributed by atoms with Crippen LogP contribution in [0, 0.1) is 5.82 Å². The van der Waals surface area contributed by atoms with Gasteiger partial charge < -0.3 is 20.9 Å². The molecule has 1 unspecified atom stereocenters. The Kier molecular flexibility index (Phi) is 6.51. The van der Waals surface area contributed by atoms with Gasteiger partial charge in [-0.2, -0.15) is 13.2 Å². The Balaban J connectivity index is 1.82. The van der Waals surface area contributed by atoms with E-state index in [0.29, 0.717) is 5.69 Å². The molecule has 1 heterocycles. The van der Waals surface area contributed by atoms with Gasteiger partial charge in [-0.05, 0) is 36.4 Å². The summed E-state index contributed by atoms with van der Waals surface area (Å²) in [6.07, 6.45) is -6.01. The van der Waals surface area contributed by atoms with Crippen molar-refractivity contribution >= 4 is 5.91 Å². The van der Waals surface area contributed by atoms with Gasteiger partial charge in [-0.1, -0.05) is 17.3 Å². The maximum absolute atomic E-state index is 13.8. The molecule has 0 bridgehead atoms. The van der Waals surface area contributed by atoms with Crippen LogP contribution < -0.4 is 15.8 Å². The second-order valence-corrected chi connectivity index (χ2v) is 6.34. The number of hydrogen-bond acceptors (Lipinski definition) is 6. The van der Waals surface area contributed by atoms with Crippen LogP contribution in [0.2, 0.25) is 0 Å². The van der Waals surface area contributed by atoms with Gasteiger partial charge in [0.15, 0.2) is 11.6 Å². The van der Waals surface area contributed by atoms with E-state index < -0.39 is 30.7 Å². The zero-order valence-corrected chi connectivity index (χ0v) is 15.8. The summed E-state index contributed by atoms with van der Waals surface area (Å²) in [5.74, 6) is -1.53. The van der Waals surface area contributed by atoms with Gasteiger partial charge in [0.2, 0.25) is 0 Å². The molecule has 0 spiro atoms. The molecule has 3 rings (SSSR count). The molecule has 1 aromatic heterocycles. The summed E-state index contributed by atoms with van der Waals surface area (Å²) in [4.78, 5) is 11.8. The normalized spacial score (nSPS) is 12.5. The molecular formula is C19H17F4N5O3. The molecule has 0 aliphatic carbocycles. The second-order valence-electron chi connectivity index (χ2n) is 6.34. The highest BCUT2D eigenvalue weighted by atomic mass is 19.4. The van der Waals surface area contributed by atoms with Crippen molar-refractivity contribution in [1.29, 1.82) is 0 Å². The number of nitrogens with one attached hydrogen (secondary N) is 1. The molecule has 12 heteroatoms. The minimum atomic E-state index is -4.52. The fourth-order valence-corrected chi connectivity index (χ4v) is 2.63. The number of ether oxygens (including phenoxy) is 1. The third kappa shape index (κ3) is 5.55. The third-order valence-corrected chi connectivity index (χ3v) is 4.10. The van der Waals surface area contributed by atoms with Gasteiger partial charge in [-0.25, -0.2) is 9.07 Å². The SMILES string of the molecule is NC(O)c1nnn(-c2ccc(C(=O)NCC(F)(F)F)cc2)c1COc1ccccc1F. The molecule has 1 atom stereocenters. The van der Waals surface area contributed by atoms with Crippen LogP contribution in [-0.2, 0) is 6.61 Å². The second kappa shape index (κ2) is 9.10. The summed E-state index contributed by atoms with van der Waals surface area (Å²) < 4.78 is 57.3. The summed E-state index contributed by atoms with van der Waals surface area (Å²) in [6.45, 7) is -1.70. The number of aliphatic hydroxyl groups excluding tert-OH is 1. The monoisotopic (exact) mass is 439 g/mol. The van der Waals surface area contributed by atoms with Crippen LogP contribution in [0.3, 0.4) is 0 Å². The molecule has 0 saturated heterocycles. The minimum Gasteiger partial charge on any atom is -0.484 e. The number of carbonyl (C=O) groups excluding carboxylic acids is 1. The number of amides is 1. The van der Waals surface area contributed by atoms with Crippen molar-refractivity contribution in [3.63, 3.8) is 0 Å². The predicted octanol–water partition coefficient (Wildman–Crippen LogP) is 2.23. The first-order chi connectivity index (χ1) is 14.7. The van der Waals surface area contributed by atoms with E-state index in [1.165, 1.54) is 47.1 Å². The molecule has 3 aromatic rings. The smallest absolute Gasteiger partial charge is 0.405 e. The molecule has 0 radical (unpaired) electrons. The quantitative estimate of drug-likeness (QED) is 0.384. The number of rotatable bonds is 7. The number of para-hydroxylation sites is 1. The topological polar surface area (TPSA) is 115 Å². The van der Waals surface area contributed by atoms with Crippen LogP contribution >= 0.6 is 0 Å². The number of alkyl halides is 3. The molecule has 4 N–H and O–H groups in total. The first-order valence-corrected chi connectivity index (χ1v) is 8.86. The largest absolute Gasteiger partial charge is 0.484 e. The van der Waals surface area contributed by atoms with Gasteiger partial charge in [0.1, 0.15) is 30.8 Å². The summed E-state index contributed by atoms with van der Waals surface area (Å²) in [5.41, 5.74) is 6.06. The fraction of sp³-hybridized carbons (Fsp3) is 0.211. The number of aliphatic hydroxyl groups is 1. The Bertz CT molecular complexity index is 1050. The van der Waals surface area contributed by atoms with E-state index in [2.05, 4.69) is 10.3 Å². The molecule has 0 aliphatic heterocycles. The Morgan fingerprint density at radius 2 is 1.87 bits per heavy atom. The predicted molar refractivity (Wildman–Crippen MR) is 99.6 cm³/mol. The van der Waals surface area contributed by atoms with Crippen molar-refractivity contribution in [3.8, 4) is 11.4 Å². The van der Waals surface area contributed by atoms with Gasteiger partial charge in [0.25, 0.3) is 5.91 Å². The molecule has 0 fully saturated rings. The zero-order valence-electron chi connectivity index (χ0n) is 15.8. The van der Waals surface area contributed by atoms with E-state index in [4.69, 9.17) is 10.5 Å². The standard InChI is InChI=1S/C19H17F4N5O3/c20-13-3-1-2-4-15(13)31-9-14-16(17(24)29)26-27-28(14)12-7-5-11(6-8-12)18(30)25-10-19(21,22)23/h1-8,17,29H,9-10,24H2,(H,25,30). The van der Waals surface area contributed by atoms with Gasteiger partial charge in [-0.15, -0.1) is 5.10 Å². The van der Waals surface area contributed by atoms with Crippen molar-refractivity contribution in [2.45, 2.75) is 19.0 Å². The number of carbonyl (C=O) groups is 1. The van der Waals surface area contributed by atoms with E-state index in [-0.39, 0.29) is 29.3 Å². The van der Waals surface area contributed by atoms with Gasteiger partial charge in [-0.3, -0.25) is 4.79 Å². The average molecular weight is 439 g/mol. The lowest BCUT2D eigenvalue weighted by Crippen LogP contribution is -2.33. The number of halogens is 4. The van der Waals surface area contributed by atoms with Crippen LogP contribution in [0.25, 0.3) is 5.69 Å². The fourth-order valence-electron chi connectivity index (χ4n) is 2.63. The van der Waals surface area contributed by atoms with Gasteiger partial charge >= 0.3 is 6.18 Å². The van der Waals surface area contributed by atoms with Gasteiger partial charge in [0, 0.05) is 5.56 Å². The lowest BCUT2D eigenvalue weighted by Gasteiger charge is -2.12.